The summed E-state index contributed by atoms with van der Waals surface area (Å²) in [7, 11) is -3.36. The molecule has 0 amide bonds. The lowest BCUT2D eigenvalue weighted by Gasteiger charge is -2.05. The fourth-order valence-electron chi connectivity index (χ4n) is 3.05. The minimum atomic E-state index is -3.36. The number of rotatable bonds is 4. The molecule has 116 valence electrons. The van der Waals surface area contributed by atoms with E-state index in [-0.39, 0.29) is 11.8 Å². The Hall–Kier alpha value is -1.36. The average molecular weight is 336 g/mol. The fourth-order valence-corrected chi connectivity index (χ4v) is 5.40. The third-order valence-electron chi connectivity index (χ3n) is 4.33. The molecule has 22 heavy (non-hydrogen) atoms. The van der Waals surface area contributed by atoms with Gasteiger partial charge < -0.3 is 5.73 Å². The standard InChI is InChI=1S/C17H18ClNO2S/c1-11-2-8-14(9-3-11)22(20,21)17-15(10-19)16(17)12-4-6-13(18)7-5-12/h2-9,15-17H,10,19H2,1H3/t15-,16-,17-/m1/s1. The maximum atomic E-state index is 12.8. The van der Waals surface area contributed by atoms with E-state index in [1.54, 1.807) is 24.3 Å². The van der Waals surface area contributed by atoms with Crippen LogP contribution in [0.1, 0.15) is 17.0 Å². The number of hydrogen-bond acceptors (Lipinski definition) is 3. The summed E-state index contributed by atoms with van der Waals surface area (Å²) in [4.78, 5) is 0.373. The molecule has 2 aromatic rings. The maximum Gasteiger partial charge on any atom is 0.182 e. The van der Waals surface area contributed by atoms with E-state index < -0.39 is 15.1 Å². The van der Waals surface area contributed by atoms with Gasteiger partial charge in [-0.1, -0.05) is 41.4 Å². The quantitative estimate of drug-likeness (QED) is 0.933. The highest BCUT2D eigenvalue weighted by atomic mass is 35.5. The zero-order valence-corrected chi connectivity index (χ0v) is 13.8. The Balaban J connectivity index is 1.93. The summed E-state index contributed by atoms with van der Waals surface area (Å²) in [6, 6.07) is 14.4. The molecule has 0 aromatic heterocycles. The minimum Gasteiger partial charge on any atom is -0.330 e. The van der Waals surface area contributed by atoms with Crippen LogP contribution in [-0.4, -0.2) is 20.2 Å². The Labute approximate surface area is 136 Å². The van der Waals surface area contributed by atoms with Crippen LogP contribution in [0, 0.1) is 12.8 Å². The molecule has 0 spiro atoms. The molecule has 1 aliphatic rings. The van der Waals surface area contributed by atoms with Gasteiger partial charge in [0.1, 0.15) is 0 Å². The molecule has 0 unspecified atom stereocenters. The number of hydrogen-bond donors (Lipinski definition) is 1. The van der Waals surface area contributed by atoms with Crippen LogP contribution in [0.4, 0.5) is 0 Å². The first-order valence-corrected chi connectivity index (χ1v) is 9.13. The van der Waals surface area contributed by atoms with Crippen molar-refractivity contribution in [2.45, 2.75) is 23.0 Å². The van der Waals surface area contributed by atoms with Crippen LogP contribution in [0.15, 0.2) is 53.4 Å². The van der Waals surface area contributed by atoms with Gasteiger partial charge in [0.15, 0.2) is 9.84 Å². The van der Waals surface area contributed by atoms with Crippen LogP contribution in [-0.2, 0) is 9.84 Å². The highest BCUT2D eigenvalue weighted by Gasteiger charge is 2.57. The van der Waals surface area contributed by atoms with Crippen molar-refractivity contribution in [2.24, 2.45) is 11.7 Å². The zero-order valence-electron chi connectivity index (χ0n) is 12.2. The summed E-state index contributed by atoms with van der Waals surface area (Å²) >= 11 is 5.90. The monoisotopic (exact) mass is 335 g/mol. The molecule has 0 aliphatic heterocycles. The van der Waals surface area contributed by atoms with Crippen LogP contribution in [0.3, 0.4) is 0 Å². The summed E-state index contributed by atoms with van der Waals surface area (Å²) in [5.74, 6) is -0.0824. The normalized spacial score (nSPS) is 24.2. The molecule has 1 fully saturated rings. The molecular formula is C17H18ClNO2S. The SMILES string of the molecule is Cc1ccc(S(=O)(=O)[C@@H]2[C@H](CN)[C@H]2c2ccc(Cl)cc2)cc1. The fraction of sp³-hybridized carbons (Fsp3) is 0.294. The van der Waals surface area contributed by atoms with E-state index in [2.05, 4.69) is 0 Å². The minimum absolute atomic E-state index is 0.0347. The maximum absolute atomic E-state index is 12.8. The number of nitrogens with two attached hydrogens (primary N) is 1. The molecule has 2 aromatic carbocycles. The van der Waals surface area contributed by atoms with Crippen molar-refractivity contribution >= 4 is 21.4 Å². The Kier molecular flexibility index (Phi) is 4.02. The molecule has 0 radical (unpaired) electrons. The second-order valence-electron chi connectivity index (χ2n) is 5.80. The third kappa shape index (κ3) is 2.67. The van der Waals surface area contributed by atoms with E-state index in [1.807, 2.05) is 31.2 Å². The number of aryl methyl sites for hydroxylation is 1. The van der Waals surface area contributed by atoms with Gasteiger partial charge in [0.2, 0.25) is 0 Å². The largest absolute Gasteiger partial charge is 0.330 e. The van der Waals surface area contributed by atoms with Crippen LogP contribution in [0.2, 0.25) is 5.02 Å². The van der Waals surface area contributed by atoms with Crippen LogP contribution in [0.25, 0.3) is 0 Å². The van der Waals surface area contributed by atoms with Gasteiger partial charge in [-0.3, -0.25) is 0 Å². The van der Waals surface area contributed by atoms with Crippen molar-refractivity contribution < 1.29 is 8.42 Å². The molecule has 0 saturated heterocycles. The van der Waals surface area contributed by atoms with E-state index >= 15 is 0 Å². The summed E-state index contributed by atoms with van der Waals surface area (Å²) < 4.78 is 25.7. The van der Waals surface area contributed by atoms with Crippen molar-refractivity contribution in [1.82, 2.24) is 0 Å². The molecular weight excluding hydrogens is 318 g/mol. The smallest absolute Gasteiger partial charge is 0.182 e. The average Bonchev–Trinajstić information content (AvgIpc) is 3.24. The first kappa shape index (κ1) is 15.5. The Morgan fingerprint density at radius 3 is 2.18 bits per heavy atom. The van der Waals surface area contributed by atoms with Crippen molar-refractivity contribution in [3.63, 3.8) is 0 Å². The second kappa shape index (κ2) is 5.69. The molecule has 5 heteroatoms. The predicted octanol–water partition coefficient (Wildman–Crippen LogP) is 3.16. The van der Waals surface area contributed by atoms with Crippen molar-refractivity contribution in [3.8, 4) is 0 Å². The molecule has 1 saturated carbocycles. The lowest BCUT2D eigenvalue weighted by atomic mass is 10.1. The Morgan fingerprint density at radius 2 is 1.64 bits per heavy atom. The van der Waals surface area contributed by atoms with Crippen molar-refractivity contribution in [3.05, 3.63) is 64.7 Å². The summed E-state index contributed by atoms with van der Waals surface area (Å²) in [6.45, 7) is 2.30. The lowest BCUT2D eigenvalue weighted by molar-refractivity contribution is 0.591. The van der Waals surface area contributed by atoms with E-state index in [9.17, 15) is 8.42 Å². The highest BCUT2D eigenvalue weighted by Crippen LogP contribution is 2.53. The number of benzene rings is 2. The summed E-state index contributed by atoms with van der Waals surface area (Å²) in [5, 5.41) is 0.202. The molecule has 3 rings (SSSR count). The van der Waals surface area contributed by atoms with Crippen LogP contribution >= 0.6 is 11.6 Å². The van der Waals surface area contributed by atoms with E-state index in [0.717, 1.165) is 11.1 Å². The molecule has 2 N–H and O–H groups in total. The van der Waals surface area contributed by atoms with Crippen molar-refractivity contribution in [2.75, 3.05) is 6.54 Å². The number of halogens is 1. The Morgan fingerprint density at radius 1 is 1.05 bits per heavy atom. The summed E-state index contributed by atoms with van der Waals surface area (Å²) in [6.07, 6.45) is 0. The van der Waals surface area contributed by atoms with Crippen LogP contribution in [0.5, 0.6) is 0 Å². The van der Waals surface area contributed by atoms with Crippen LogP contribution < -0.4 is 5.73 Å². The number of sulfone groups is 1. The molecule has 0 bridgehead atoms. The van der Waals surface area contributed by atoms with E-state index in [4.69, 9.17) is 17.3 Å². The van der Waals surface area contributed by atoms with Gasteiger partial charge in [0.25, 0.3) is 0 Å². The summed E-state index contributed by atoms with van der Waals surface area (Å²) in [5.41, 5.74) is 7.82. The van der Waals surface area contributed by atoms with Gasteiger partial charge in [-0.2, -0.15) is 0 Å². The van der Waals surface area contributed by atoms with E-state index in [0.29, 0.717) is 16.5 Å². The molecule has 1 aliphatic carbocycles. The van der Waals surface area contributed by atoms with E-state index in [1.165, 1.54) is 0 Å². The van der Waals surface area contributed by atoms with Gasteiger partial charge in [-0.05, 0) is 49.2 Å². The van der Waals surface area contributed by atoms with Gasteiger partial charge in [-0.15, -0.1) is 0 Å². The second-order valence-corrected chi connectivity index (χ2v) is 8.34. The molecule has 3 nitrogen and oxygen atoms in total. The first-order valence-electron chi connectivity index (χ1n) is 7.21. The van der Waals surface area contributed by atoms with Gasteiger partial charge >= 0.3 is 0 Å². The van der Waals surface area contributed by atoms with Gasteiger partial charge in [-0.25, -0.2) is 8.42 Å². The topological polar surface area (TPSA) is 60.2 Å². The predicted molar refractivity (Wildman–Crippen MR) is 88.9 cm³/mol. The third-order valence-corrected chi connectivity index (χ3v) is 6.87. The first-order chi connectivity index (χ1) is 10.4. The molecule has 0 heterocycles. The highest BCUT2D eigenvalue weighted by molar-refractivity contribution is 7.92. The lowest BCUT2D eigenvalue weighted by Crippen LogP contribution is -2.13. The zero-order chi connectivity index (χ0) is 15.9. The van der Waals surface area contributed by atoms with Crippen molar-refractivity contribution in [1.29, 1.82) is 0 Å². The molecule has 3 atom stereocenters. The Bertz CT molecular complexity index is 769. The van der Waals surface area contributed by atoms with Gasteiger partial charge in [0, 0.05) is 10.9 Å². The van der Waals surface area contributed by atoms with Gasteiger partial charge in [0.05, 0.1) is 10.1 Å².